The van der Waals surface area contributed by atoms with Crippen molar-refractivity contribution in [3.63, 3.8) is 0 Å². The molecule has 0 aromatic heterocycles. The van der Waals surface area contributed by atoms with Gasteiger partial charge in [-0.3, -0.25) is 14.9 Å². The van der Waals surface area contributed by atoms with Crippen molar-refractivity contribution in [3.8, 4) is 0 Å². The maximum Gasteiger partial charge on any atom is 0.308 e. The van der Waals surface area contributed by atoms with Gasteiger partial charge >= 0.3 is 5.97 Å². The van der Waals surface area contributed by atoms with E-state index in [0.29, 0.717) is 12.1 Å². The van der Waals surface area contributed by atoms with Crippen molar-refractivity contribution >= 4 is 17.3 Å². The number of rotatable bonds is 5. The van der Waals surface area contributed by atoms with Crippen LogP contribution in [-0.4, -0.2) is 22.5 Å². The molecule has 6 nitrogen and oxygen atoms in total. The lowest BCUT2D eigenvalue weighted by atomic mass is 10.2. The lowest BCUT2D eigenvalue weighted by Gasteiger charge is -2.11. The lowest BCUT2D eigenvalue weighted by Crippen LogP contribution is -2.20. The van der Waals surface area contributed by atoms with Crippen molar-refractivity contribution in [1.82, 2.24) is 0 Å². The number of nitro groups is 1. The van der Waals surface area contributed by atoms with Gasteiger partial charge in [-0.25, -0.2) is 8.78 Å². The Morgan fingerprint density at radius 3 is 2.39 bits per heavy atom. The van der Waals surface area contributed by atoms with Crippen LogP contribution in [-0.2, 0) is 4.79 Å². The summed E-state index contributed by atoms with van der Waals surface area (Å²) in [6.45, 7) is 1.16. The molecule has 0 saturated heterocycles. The fourth-order valence-electron chi connectivity index (χ4n) is 1.18. The van der Waals surface area contributed by atoms with Gasteiger partial charge in [-0.15, -0.1) is 0 Å². The van der Waals surface area contributed by atoms with Crippen LogP contribution >= 0.6 is 0 Å². The molecule has 1 rings (SSSR count). The molecule has 0 fully saturated rings. The molecule has 0 saturated carbocycles. The number of carboxylic acids is 1. The monoisotopic (exact) mass is 260 g/mol. The highest BCUT2D eigenvalue weighted by atomic mass is 19.1. The molecular formula is C10H10F2N2O4. The molecule has 1 atom stereocenters. The van der Waals surface area contributed by atoms with E-state index in [9.17, 15) is 23.7 Å². The van der Waals surface area contributed by atoms with Gasteiger partial charge in [0.25, 0.3) is 5.69 Å². The minimum atomic E-state index is -1.14. The second-order valence-electron chi connectivity index (χ2n) is 3.66. The summed E-state index contributed by atoms with van der Waals surface area (Å²) in [5.74, 6) is -4.25. The van der Waals surface area contributed by atoms with E-state index in [2.05, 4.69) is 5.32 Å². The van der Waals surface area contributed by atoms with E-state index in [1.807, 2.05) is 0 Å². The van der Waals surface area contributed by atoms with Crippen molar-refractivity contribution in [2.75, 3.05) is 11.9 Å². The number of nitro benzene ring substituents is 1. The van der Waals surface area contributed by atoms with Gasteiger partial charge in [0.2, 0.25) is 0 Å². The topological polar surface area (TPSA) is 92.5 Å². The normalized spacial score (nSPS) is 11.9. The Morgan fingerprint density at radius 1 is 1.50 bits per heavy atom. The molecule has 1 aromatic carbocycles. The SMILES string of the molecule is CC(CNc1c(F)cc([N+](=O)[O-])cc1F)C(=O)O. The number of nitrogens with zero attached hydrogens (tertiary/aromatic N) is 1. The Kier molecular flexibility index (Phi) is 4.13. The zero-order valence-corrected chi connectivity index (χ0v) is 9.31. The summed E-state index contributed by atoms with van der Waals surface area (Å²) in [5.41, 5.74) is -1.28. The molecule has 0 amide bonds. The molecule has 0 aliphatic carbocycles. The third kappa shape index (κ3) is 3.12. The fourth-order valence-corrected chi connectivity index (χ4v) is 1.18. The summed E-state index contributed by atoms with van der Waals surface area (Å²) in [6.07, 6.45) is 0. The minimum Gasteiger partial charge on any atom is -0.481 e. The van der Waals surface area contributed by atoms with Crippen molar-refractivity contribution in [2.45, 2.75) is 6.92 Å². The van der Waals surface area contributed by atoms with Crippen LogP contribution in [0.15, 0.2) is 12.1 Å². The van der Waals surface area contributed by atoms with Crippen LogP contribution in [0.3, 0.4) is 0 Å². The highest BCUT2D eigenvalue weighted by Crippen LogP contribution is 2.24. The maximum absolute atomic E-state index is 13.4. The van der Waals surface area contributed by atoms with E-state index >= 15 is 0 Å². The van der Waals surface area contributed by atoms with E-state index in [0.717, 1.165) is 0 Å². The Labute approximate surface area is 100 Å². The quantitative estimate of drug-likeness (QED) is 0.624. The summed E-state index contributed by atoms with van der Waals surface area (Å²) in [7, 11) is 0. The first-order chi connectivity index (χ1) is 8.32. The number of nitrogens with one attached hydrogen (secondary N) is 1. The second-order valence-corrected chi connectivity index (χ2v) is 3.66. The van der Waals surface area contributed by atoms with Gasteiger partial charge in [-0.05, 0) is 0 Å². The van der Waals surface area contributed by atoms with E-state index in [-0.39, 0.29) is 6.54 Å². The minimum absolute atomic E-state index is 0.193. The molecule has 8 heteroatoms. The van der Waals surface area contributed by atoms with Gasteiger partial charge in [0.1, 0.15) is 5.69 Å². The summed E-state index contributed by atoms with van der Waals surface area (Å²) < 4.78 is 26.7. The van der Waals surface area contributed by atoms with Crippen molar-refractivity contribution < 1.29 is 23.6 Å². The Morgan fingerprint density at radius 2 is 2.00 bits per heavy atom. The molecule has 0 heterocycles. The zero-order chi connectivity index (χ0) is 13.9. The maximum atomic E-state index is 13.4. The molecule has 0 aliphatic heterocycles. The average molecular weight is 260 g/mol. The first-order valence-corrected chi connectivity index (χ1v) is 4.93. The Hall–Kier alpha value is -2.25. The van der Waals surface area contributed by atoms with Crippen LogP contribution in [0.4, 0.5) is 20.2 Å². The number of benzene rings is 1. The van der Waals surface area contributed by atoms with E-state index in [1.165, 1.54) is 6.92 Å². The number of hydrogen-bond donors (Lipinski definition) is 2. The summed E-state index contributed by atoms with van der Waals surface area (Å²) in [4.78, 5) is 19.9. The Bertz CT molecular complexity index is 470. The third-order valence-electron chi connectivity index (χ3n) is 2.24. The van der Waals surface area contributed by atoms with Gasteiger partial charge in [0, 0.05) is 6.54 Å². The van der Waals surface area contributed by atoms with Crippen LogP contribution in [0, 0.1) is 27.7 Å². The van der Waals surface area contributed by atoms with Crippen LogP contribution in [0.25, 0.3) is 0 Å². The first-order valence-electron chi connectivity index (χ1n) is 4.93. The van der Waals surface area contributed by atoms with E-state index in [1.54, 1.807) is 0 Å². The number of carbonyl (C=O) groups is 1. The molecule has 1 unspecified atom stereocenters. The lowest BCUT2D eigenvalue weighted by molar-refractivity contribution is -0.385. The summed E-state index contributed by atoms with van der Waals surface area (Å²) >= 11 is 0. The predicted molar refractivity (Wildman–Crippen MR) is 58.3 cm³/mol. The smallest absolute Gasteiger partial charge is 0.308 e. The molecule has 0 spiro atoms. The molecule has 1 aromatic rings. The summed E-state index contributed by atoms with van der Waals surface area (Å²) in [6, 6.07) is 1.13. The number of halogens is 2. The third-order valence-corrected chi connectivity index (χ3v) is 2.24. The van der Waals surface area contributed by atoms with Crippen molar-refractivity contribution in [3.05, 3.63) is 33.9 Å². The number of hydrogen-bond acceptors (Lipinski definition) is 4. The number of carboxylic acid groups (broad SMARTS) is 1. The van der Waals surface area contributed by atoms with Gasteiger partial charge < -0.3 is 10.4 Å². The molecule has 18 heavy (non-hydrogen) atoms. The first kappa shape index (κ1) is 13.8. The average Bonchev–Trinajstić information content (AvgIpc) is 2.26. The van der Waals surface area contributed by atoms with Gasteiger partial charge in [0.15, 0.2) is 11.6 Å². The number of non-ortho nitro benzene ring substituents is 1. The molecular weight excluding hydrogens is 250 g/mol. The number of anilines is 1. The van der Waals surface area contributed by atoms with Gasteiger partial charge in [0.05, 0.1) is 23.0 Å². The molecule has 0 bridgehead atoms. The number of aliphatic carboxylic acids is 1. The second kappa shape index (κ2) is 5.39. The highest BCUT2D eigenvalue weighted by Gasteiger charge is 2.18. The molecule has 98 valence electrons. The molecule has 0 aliphatic rings. The van der Waals surface area contributed by atoms with Gasteiger partial charge in [-0.1, -0.05) is 6.92 Å². The van der Waals surface area contributed by atoms with Crippen LogP contribution in [0.1, 0.15) is 6.92 Å². The largest absolute Gasteiger partial charge is 0.481 e. The van der Waals surface area contributed by atoms with Gasteiger partial charge in [-0.2, -0.15) is 0 Å². The van der Waals surface area contributed by atoms with E-state index < -0.39 is 39.8 Å². The van der Waals surface area contributed by atoms with Crippen molar-refractivity contribution in [2.24, 2.45) is 5.92 Å². The predicted octanol–water partition coefficient (Wildman–Crippen LogP) is 2.01. The zero-order valence-electron chi connectivity index (χ0n) is 9.31. The van der Waals surface area contributed by atoms with Crippen LogP contribution < -0.4 is 5.32 Å². The highest BCUT2D eigenvalue weighted by molar-refractivity contribution is 5.70. The standard InChI is InChI=1S/C10H10F2N2O4/c1-5(10(15)16)4-13-9-7(11)2-6(14(17)18)3-8(9)12/h2-3,5,13H,4H2,1H3,(H,15,16). The molecule has 2 N–H and O–H groups in total. The summed E-state index contributed by atoms with van der Waals surface area (Å²) in [5, 5.41) is 21.2. The fraction of sp³-hybridized carbons (Fsp3) is 0.300. The Balaban J connectivity index is 2.90. The van der Waals surface area contributed by atoms with Crippen molar-refractivity contribution in [1.29, 1.82) is 0 Å². The van der Waals surface area contributed by atoms with E-state index in [4.69, 9.17) is 5.11 Å². The van der Waals surface area contributed by atoms with Crippen LogP contribution in [0.5, 0.6) is 0 Å². The molecule has 0 radical (unpaired) electrons. The van der Waals surface area contributed by atoms with Crippen LogP contribution in [0.2, 0.25) is 0 Å².